The Morgan fingerprint density at radius 2 is 2.00 bits per heavy atom. The van der Waals surface area contributed by atoms with Crippen molar-refractivity contribution < 1.29 is 9.53 Å². The van der Waals surface area contributed by atoms with Gasteiger partial charge in [0.15, 0.2) is 0 Å². The molecule has 0 bridgehead atoms. The van der Waals surface area contributed by atoms with Crippen LogP contribution in [0.1, 0.15) is 5.56 Å². The van der Waals surface area contributed by atoms with E-state index < -0.39 is 0 Å². The molecule has 1 aliphatic rings. The Labute approximate surface area is 129 Å². The second-order valence-corrected chi connectivity index (χ2v) is 5.18. The monoisotopic (exact) mass is 309 g/mol. The van der Waals surface area contributed by atoms with Gasteiger partial charge in [0, 0.05) is 37.4 Å². The fourth-order valence-corrected chi connectivity index (χ4v) is 2.12. The van der Waals surface area contributed by atoms with Crippen molar-refractivity contribution in [3.8, 4) is 0 Å². The average Bonchev–Trinajstić information content (AvgIpc) is 2.50. The normalized spacial score (nSPS) is 16.0. The highest BCUT2D eigenvalue weighted by Gasteiger charge is 2.09. The molecule has 1 heterocycles. The largest absolute Gasteiger partial charge is 0.379 e. The summed E-state index contributed by atoms with van der Waals surface area (Å²) in [6, 6.07) is 7.19. The van der Waals surface area contributed by atoms with Crippen LogP contribution in [-0.2, 0) is 4.74 Å². The van der Waals surface area contributed by atoms with Crippen LogP contribution >= 0.6 is 11.6 Å². The van der Waals surface area contributed by atoms with Crippen LogP contribution in [0.2, 0.25) is 5.02 Å². The predicted molar refractivity (Wildman–Crippen MR) is 84.3 cm³/mol. The number of halogens is 1. The molecule has 2 amide bonds. The van der Waals surface area contributed by atoms with E-state index in [-0.39, 0.29) is 6.03 Å². The van der Waals surface area contributed by atoms with Crippen LogP contribution in [0.15, 0.2) is 30.5 Å². The summed E-state index contributed by atoms with van der Waals surface area (Å²) >= 11 is 5.80. The maximum absolute atomic E-state index is 11.6. The van der Waals surface area contributed by atoms with Gasteiger partial charge in [-0.1, -0.05) is 23.7 Å². The van der Waals surface area contributed by atoms with Gasteiger partial charge in [-0.25, -0.2) is 4.79 Å². The molecule has 21 heavy (non-hydrogen) atoms. The summed E-state index contributed by atoms with van der Waals surface area (Å²) in [5.41, 5.74) is 0.980. The van der Waals surface area contributed by atoms with Gasteiger partial charge in [-0.3, -0.25) is 4.90 Å². The molecule has 1 aromatic carbocycles. The molecular formula is C15H20ClN3O2. The Bertz CT molecular complexity index is 470. The summed E-state index contributed by atoms with van der Waals surface area (Å²) in [5.74, 6) is 0. The molecule has 2 N–H and O–H groups in total. The number of urea groups is 1. The van der Waals surface area contributed by atoms with Crippen molar-refractivity contribution in [2.75, 3.05) is 39.4 Å². The van der Waals surface area contributed by atoms with E-state index in [0.717, 1.165) is 38.4 Å². The standard InChI is InChI=1S/C15H20ClN3O2/c16-14-3-1-13(2-4-14)5-6-17-15(20)18-7-8-19-9-11-21-12-10-19/h1-6H,7-12H2,(H2,17,18,20)/b6-5+. The predicted octanol–water partition coefficient (Wildman–Crippen LogP) is 1.94. The quantitative estimate of drug-likeness (QED) is 0.874. The zero-order chi connectivity index (χ0) is 14.9. The van der Waals surface area contributed by atoms with E-state index in [1.165, 1.54) is 0 Å². The third-order valence-corrected chi connectivity index (χ3v) is 3.43. The summed E-state index contributed by atoms with van der Waals surface area (Å²) in [7, 11) is 0. The fourth-order valence-electron chi connectivity index (χ4n) is 1.99. The Kier molecular flexibility index (Phi) is 6.53. The highest BCUT2D eigenvalue weighted by atomic mass is 35.5. The number of benzene rings is 1. The highest BCUT2D eigenvalue weighted by Crippen LogP contribution is 2.10. The lowest BCUT2D eigenvalue weighted by Crippen LogP contribution is -2.42. The molecule has 114 valence electrons. The van der Waals surface area contributed by atoms with Crippen LogP contribution in [0.5, 0.6) is 0 Å². The highest BCUT2D eigenvalue weighted by molar-refractivity contribution is 6.30. The summed E-state index contributed by atoms with van der Waals surface area (Å²) in [4.78, 5) is 13.9. The van der Waals surface area contributed by atoms with Crippen LogP contribution in [0.4, 0.5) is 4.79 Å². The molecule has 0 atom stereocenters. The van der Waals surface area contributed by atoms with Crippen LogP contribution < -0.4 is 10.6 Å². The molecule has 0 aromatic heterocycles. The fraction of sp³-hybridized carbons (Fsp3) is 0.400. The third-order valence-electron chi connectivity index (χ3n) is 3.18. The Morgan fingerprint density at radius 1 is 1.29 bits per heavy atom. The van der Waals surface area contributed by atoms with Crippen molar-refractivity contribution >= 4 is 23.7 Å². The van der Waals surface area contributed by atoms with Gasteiger partial charge in [0.1, 0.15) is 0 Å². The minimum Gasteiger partial charge on any atom is -0.379 e. The number of carbonyl (C=O) groups is 1. The number of ether oxygens (including phenoxy) is 1. The lowest BCUT2D eigenvalue weighted by atomic mass is 10.2. The summed E-state index contributed by atoms with van der Waals surface area (Å²) in [6.45, 7) is 4.88. The number of hydrogen-bond donors (Lipinski definition) is 2. The van der Waals surface area contributed by atoms with Gasteiger partial charge < -0.3 is 15.4 Å². The number of nitrogens with one attached hydrogen (secondary N) is 2. The molecule has 0 radical (unpaired) electrons. The van der Waals surface area contributed by atoms with Crippen LogP contribution in [0.25, 0.3) is 6.08 Å². The summed E-state index contributed by atoms with van der Waals surface area (Å²) in [6.07, 6.45) is 3.44. The van der Waals surface area contributed by atoms with Gasteiger partial charge in [-0.15, -0.1) is 0 Å². The van der Waals surface area contributed by atoms with Crippen molar-refractivity contribution in [2.45, 2.75) is 0 Å². The molecule has 5 nitrogen and oxygen atoms in total. The molecule has 0 aliphatic carbocycles. The molecular weight excluding hydrogens is 290 g/mol. The van der Waals surface area contributed by atoms with Crippen LogP contribution in [0.3, 0.4) is 0 Å². The van der Waals surface area contributed by atoms with Crippen molar-refractivity contribution in [3.63, 3.8) is 0 Å². The van der Waals surface area contributed by atoms with E-state index in [9.17, 15) is 4.79 Å². The average molecular weight is 310 g/mol. The number of rotatable bonds is 5. The molecule has 0 saturated carbocycles. The zero-order valence-corrected chi connectivity index (χ0v) is 12.6. The minimum absolute atomic E-state index is 0.200. The first-order chi connectivity index (χ1) is 10.2. The van der Waals surface area contributed by atoms with E-state index in [2.05, 4.69) is 15.5 Å². The molecule has 6 heteroatoms. The number of carbonyl (C=O) groups excluding carboxylic acids is 1. The van der Waals surface area contributed by atoms with Crippen molar-refractivity contribution in [3.05, 3.63) is 41.1 Å². The van der Waals surface area contributed by atoms with Gasteiger partial charge >= 0.3 is 6.03 Å². The summed E-state index contributed by atoms with van der Waals surface area (Å²) in [5, 5.41) is 6.19. The Balaban J connectivity index is 1.61. The van der Waals surface area contributed by atoms with Gasteiger partial charge in [0.25, 0.3) is 0 Å². The minimum atomic E-state index is -0.200. The van der Waals surface area contributed by atoms with Gasteiger partial charge in [0.05, 0.1) is 13.2 Å². The maximum atomic E-state index is 11.6. The molecule has 1 aliphatic heterocycles. The zero-order valence-electron chi connectivity index (χ0n) is 11.8. The number of amides is 2. The number of hydrogen-bond acceptors (Lipinski definition) is 3. The molecule has 1 saturated heterocycles. The smallest absolute Gasteiger partial charge is 0.318 e. The van der Waals surface area contributed by atoms with E-state index in [1.807, 2.05) is 30.3 Å². The second kappa shape index (κ2) is 8.67. The molecule has 1 fully saturated rings. The third kappa shape index (κ3) is 6.16. The number of nitrogens with zero attached hydrogens (tertiary/aromatic N) is 1. The second-order valence-electron chi connectivity index (χ2n) is 4.74. The van der Waals surface area contributed by atoms with E-state index in [1.54, 1.807) is 6.20 Å². The van der Waals surface area contributed by atoms with Gasteiger partial charge in [0.2, 0.25) is 0 Å². The lowest BCUT2D eigenvalue weighted by Gasteiger charge is -2.26. The molecule has 0 spiro atoms. The van der Waals surface area contributed by atoms with Crippen molar-refractivity contribution in [1.29, 1.82) is 0 Å². The first-order valence-electron chi connectivity index (χ1n) is 7.00. The van der Waals surface area contributed by atoms with E-state index in [0.29, 0.717) is 11.6 Å². The molecule has 2 rings (SSSR count). The number of morpholine rings is 1. The van der Waals surface area contributed by atoms with Gasteiger partial charge in [-0.2, -0.15) is 0 Å². The Hall–Kier alpha value is -1.56. The first-order valence-corrected chi connectivity index (χ1v) is 7.38. The van der Waals surface area contributed by atoms with Crippen LogP contribution in [-0.4, -0.2) is 50.3 Å². The Morgan fingerprint density at radius 3 is 2.71 bits per heavy atom. The maximum Gasteiger partial charge on any atom is 0.318 e. The summed E-state index contributed by atoms with van der Waals surface area (Å²) < 4.78 is 5.27. The van der Waals surface area contributed by atoms with E-state index >= 15 is 0 Å². The topological polar surface area (TPSA) is 53.6 Å². The van der Waals surface area contributed by atoms with Gasteiger partial charge in [-0.05, 0) is 23.8 Å². The molecule has 1 aromatic rings. The van der Waals surface area contributed by atoms with Crippen molar-refractivity contribution in [1.82, 2.24) is 15.5 Å². The SMILES string of the molecule is O=C(N/C=C/c1ccc(Cl)cc1)NCCN1CCOCC1. The first kappa shape index (κ1) is 15.8. The van der Waals surface area contributed by atoms with Crippen LogP contribution in [0, 0.1) is 0 Å². The van der Waals surface area contributed by atoms with Crippen molar-refractivity contribution in [2.24, 2.45) is 0 Å². The molecule has 0 unspecified atom stereocenters. The lowest BCUT2D eigenvalue weighted by molar-refractivity contribution is 0.0387. The van der Waals surface area contributed by atoms with E-state index in [4.69, 9.17) is 16.3 Å².